The Bertz CT molecular complexity index is 396. The van der Waals surface area contributed by atoms with Crippen molar-refractivity contribution in [2.45, 2.75) is 18.3 Å². The largest absolute Gasteiger partial charge is 0.340 e. The van der Waals surface area contributed by atoms with Crippen molar-refractivity contribution in [3.63, 3.8) is 0 Å². The Balaban J connectivity index is 2.77. The van der Waals surface area contributed by atoms with Gasteiger partial charge in [0.25, 0.3) is 0 Å². The molecule has 0 bridgehead atoms. The molecule has 0 aliphatic heterocycles. The van der Waals surface area contributed by atoms with Crippen LogP contribution in [0.25, 0.3) is 0 Å². The molecule has 0 heterocycles. The molecule has 0 saturated carbocycles. The molecule has 0 aliphatic rings. The van der Waals surface area contributed by atoms with E-state index in [1.807, 2.05) is 0 Å². The minimum atomic E-state index is -0.637. The Morgan fingerprint density at radius 2 is 2.12 bits per heavy atom. The minimum absolute atomic E-state index is 0.126. The van der Waals surface area contributed by atoms with Gasteiger partial charge in [0.05, 0.1) is 4.83 Å². The molecule has 0 fully saturated rings. The number of carbonyl (C=O) groups is 1. The standard InChI is InChI=1S/C11H12BrF2NO/c1-7(12)11(16)15(2)6-8-3-4-9(13)5-10(8)14/h3-5,7H,6H2,1-2H3. The molecular weight excluding hydrogens is 280 g/mol. The molecule has 0 spiro atoms. The fourth-order valence-electron chi connectivity index (χ4n) is 1.29. The molecular formula is C11H12BrF2NO. The zero-order chi connectivity index (χ0) is 12.3. The van der Waals surface area contributed by atoms with E-state index in [0.717, 1.165) is 6.07 Å². The van der Waals surface area contributed by atoms with E-state index in [4.69, 9.17) is 0 Å². The Morgan fingerprint density at radius 3 is 2.62 bits per heavy atom. The summed E-state index contributed by atoms with van der Waals surface area (Å²) in [6, 6.07) is 3.33. The van der Waals surface area contributed by atoms with E-state index in [9.17, 15) is 13.6 Å². The quantitative estimate of drug-likeness (QED) is 0.784. The number of hydrogen-bond acceptors (Lipinski definition) is 1. The zero-order valence-corrected chi connectivity index (χ0v) is 10.6. The Kier molecular flexibility index (Phi) is 4.41. The number of hydrogen-bond donors (Lipinski definition) is 0. The van der Waals surface area contributed by atoms with Crippen LogP contribution in [0, 0.1) is 11.6 Å². The molecule has 1 aromatic rings. The molecule has 1 unspecified atom stereocenters. The van der Waals surface area contributed by atoms with E-state index in [1.54, 1.807) is 14.0 Å². The van der Waals surface area contributed by atoms with E-state index >= 15 is 0 Å². The van der Waals surface area contributed by atoms with Crippen molar-refractivity contribution >= 4 is 21.8 Å². The monoisotopic (exact) mass is 291 g/mol. The number of rotatable bonds is 3. The third-order valence-electron chi connectivity index (χ3n) is 2.14. The van der Waals surface area contributed by atoms with Gasteiger partial charge < -0.3 is 4.90 Å². The van der Waals surface area contributed by atoms with Crippen molar-refractivity contribution in [1.82, 2.24) is 4.90 Å². The van der Waals surface area contributed by atoms with Crippen LogP contribution >= 0.6 is 15.9 Å². The lowest BCUT2D eigenvalue weighted by Crippen LogP contribution is -2.31. The van der Waals surface area contributed by atoms with Crippen LogP contribution in [0.4, 0.5) is 8.78 Å². The number of nitrogens with zero attached hydrogens (tertiary/aromatic N) is 1. The smallest absolute Gasteiger partial charge is 0.236 e. The van der Waals surface area contributed by atoms with Gasteiger partial charge in [-0.05, 0) is 13.0 Å². The summed E-state index contributed by atoms with van der Waals surface area (Å²) < 4.78 is 25.9. The van der Waals surface area contributed by atoms with E-state index in [2.05, 4.69) is 15.9 Å². The molecule has 0 aliphatic carbocycles. The Labute approximate surface area is 101 Å². The molecule has 5 heteroatoms. The van der Waals surface area contributed by atoms with Crippen molar-refractivity contribution < 1.29 is 13.6 Å². The molecule has 0 saturated heterocycles. The molecule has 0 aromatic heterocycles. The normalized spacial score (nSPS) is 12.3. The first-order valence-corrected chi connectivity index (χ1v) is 5.66. The first kappa shape index (κ1) is 13.1. The minimum Gasteiger partial charge on any atom is -0.340 e. The van der Waals surface area contributed by atoms with Crippen molar-refractivity contribution in [1.29, 1.82) is 0 Å². The van der Waals surface area contributed by atoms with Gasteiger partial charge in [-0.15, -0.1) is 0 Å². The van der Waals surface area contributed by atoms with Crippen LogP contribution in [0.3, 0.4) is 0 Å². The summed E-state index contributed by atoms with van der Waals surface area (Å²) in [6.07, 6.45) is 0. The van der Waals surface area contributed by atoms with Crippen molar-refractivity contribution in [3.8, 4) is 0 Å². The summed E-state index contributed by atoms with van der Waals surface area (Å²) in [6.45, 7) is 1.82. The van der Waals surface area contributed by atoms with Gasteiger partial charge in [0, 0.05) is 25.2 Å². The van der Waals surface area contributed by atoms with Gasteiger partial charge in [0.2, 0.25) is 5.91 Å². The van der Waals surface area contributed by atoms with Gasteiger partial charge in [0.15, 0.2) is 0 Å². The molecule has 1 aromatic carbocycles. The Morgan fingerprint density at radius 1 is 1.50 bits per heavy atom. The van der Waals surface area contributed by atoms with Gasteiger partial charge in [0.1, 0.15) is 11.6 Å². The van der Waals surface area contributed by atoms with Crippen LogP contribution in [0.5, 0.6) is 0 Å². The Hall–Kier alpha value is -0.970. The second-order valence-corrected chi connectivity index (χ2v) is 4.92. The van der Waals surface area contributed by atoms with Gasteiger partial charge in [-0.2, -0.15) is 0 Å². The molecule has 88 valence electrons. The van der Waals surface area contributed by atoms with Crippen LogP contribution < -0.4 is 0 Å². The third kappa shape index (κ3) is 3.27. The lowest BCUT2D eigenvalue weighted by atomic mass is 10.2. The summed E-state index contributed by atoms with van der Waals surface area (Å²) in [4.78, 5) is 12.6. The third-order valence-corrected chi connectivity index (χ3v) is 2.53. The summed E-state index contributed by atoms with van der Waals surface area (Å²) >= 11 is 3.14. The van der Waals surface area contributed by atoms with Crippen LogP contribution in [0.15, 0.2) is 18.2 Å². The maximum Gasteiger partial charge on any atom is 0.236 e. The van der Waals surface area contributed by atoms with Crippen LogP contribution in [0.2, 0.25) is 0 Å². The highest BCUT2D eigenvalue weighted by Crippen LogP contribution is 2.13. The zero-order valence-electron chi connectivity index (χ0n) is 9.01. The van der Waals surface area contributed by atoms with E-state index in [0.29, 0.717) is 5.56 Å². The van der Waals surface area contributed by atoms with Crippen molar-refractivity contribution in [3.05, 3.63) is 35.4 Å². The number of halogens is 3. The van der Waals surface area contributed by atoms with E-state index in [-0.39, 0.29) is 17.3 Å². The van der Waals surface area contributed by atoms with Crippen LogP contribution in [-0.4, -0.2) is 22.7 Å². The van der Waals surface area contributed by atoms with Gasteiger partial charge >= 0.3 is 0 Å². The molecule has 1 atom stereocenters. The van der Waals surface area contributed by atoms with E-state index in [1.165, 1.54) is 17.0 Å². The second kappa shape index (κ2) is 5.39. The summed E-state index contributed by atoms with van der Waals surface area (Å²) in [5.41, 5.74) is 0.297. The summed E-state index contributed by atoms with van der Waals surface area (Å²) in [5, 5.41) is 0. The molecule has 1 amide bonds. The highest BCUT2D eigenvalue weighted by Gasteiger charge is 2.16. The number of alkyl halides is 1. The maximum absolute atomic E-state index is 13.3. The molecule has 0 N–H and O–H groups in total. The number of amides is 1. The second-order valence-electron chi connectivity index (χ2n) is 3.55. The SMILES string of the molecule is CC(Br)C(=O)N(C)Cc1ccc(F)cc1F. The average molecular weight is 292 g/mol. The fraction of sp³-hybridized carbons (Fsp3) is 0.364. The van der Waals surface area contributed by atoms with Gasteiger partial charge in [-0.25, -0.2) is 8.78 Å². The summed E-state index contributed by atoms with van der Waals surface area (Å²) in [7, 11) is 1.57. The maximum atomic E-state index is 13.3. The molecule has 16 heavy (non-hydrogen) atoms. The number of carbonyl (C=O) groups excluding carboxylic acids is 1. The first-order chi connectivity index (χ1) is 7.41. The van der Waals surface area contributed by atoms with E-state index < -0.39 is 11.6 Å². The highest BCUT2D eigenvalue weighted by atomic mass is 79.9. The van der Waals surface area contributed by atoms with Crippen molar-refractivity contribution in [2.75, 3.05) is 7.05 Å². The van der Waals surface area contributed by atoms with Crippen LogP contribution in [0.1, 0.15) is 12.5 Å². The fourth-order valence-corrected chi connectivity index (χ4v) is 1.64. The molecule has 2 nitrogen and oxygen atoms in total. The molecule has 1 rings (SSSR count). The van der Waals surface area contributed by atoms with Gasteiger partial charge in [-0.3, -0.25) is 4.79 Å². The number of benzene rings is 1. The van der Waals surface area contributed by atoms with Crippen molar-refractivity contribution in [2.24, 2.45) is 0 Å². The topological polar surface area (TPSA) is 20.3 Å². The van der Waals surface area contributed by atoms with Gasteiger partial charge in [-0.1, -0.05) is 22.0 Å². The summed E-state index contributed by atoms with van der Waals surface area (Å²) in [5.74, 6) is -1.41. The van der Waals surface area contributed by atoms with Crippen LogP contribution in [-0.2, 0) is 11.3 Å². The lowest BCUT2D eigenvalue weighted by Gasteiger charge is -2.18. The lowest BCUT2D eigenvalue weighted by molar-refractivity contribution is -0.129. The molecule has 0 radical (unpaired) electrons. The first-order valence-electron chi connectivity index (χ1n) is 4.74. The predicted octanol–water partition coefficient (Wildman–Crippen LogP) is 2.71. The average Bonchev–Trinajstić information content (AvgIpc) is 2.20. The highest BCUT2D eigenvalue weighted by molar-refractivity contribution is 9.10. The predicted molar refractivity (Wildman–Crippen MR) is 61.2 cm³/mol.